The summed E-state index contributed by atoms with van der Waals surface area (Å²) in [6, 6.07) is 15.9. The van der Waals surface area contributed by atoms with Crippen LogP contribution in [0.15, 0.2) is 54.1 Å². The van der Waals surface area contributed by atoms with Gasteiger partial charge in [0.15, 0.2) is 0 Å². The summed E-state index contributed by atoms with van der Waals surface area (Å²) in [5.74, 6) is 1.32. The quantitative estimate of drug-likeness (QED) is 0.678. The maximum atomic E-state index is 11.0. The Bertz CT molecular complexity index is 726. The minimum Gasteiger partial charge on any atom is -0.497 e. The van der Waals surface area contributed by atoms with Gasteiger partial charge < -0.3 is 15.2 Å². The van der Waals surface area contributed by atoms with Crippen molar-refractivity contribution in [3.63, 3.8) is 0 Å². The maximum Gasteiger partial charge on any atom is 0.259 e. The molecule has 0 bridgehead atoms. The molecule has 5 heteroatoms. The van der Waals surface area contributed by atoms with Gasteiger partial charge in [-0.2, -0.15) is 5.26 Å². The molecule has 22 heavy (non-hydrogen) atoms. The van der Waals surface area contributed by atoms with Gasteiger partial charge in [-0.05, 0) is 48.0 Å². The van der Waals surface area contributed by atoms with Crippen LogP contribution >= 0.6 is 0 Å². The molecule has 0 unspecified atom stereocenters. The Morgan fingerprint density at radius 1 is 1.05 bits per heavy atom. The lowest BCUT2D eigenvalue weighted by Crippen LogP contribution is -2.12. The molecule has 0 aliphatic rings. The Labute approximate surface area is 128 Å². The van der Waals surface area contributed by atoms with Crippen LogP contribution in [0.1, 0.15) is 5.56 Å². The Hall–Kier alpha value is -3.26. The van der Waals surface area contributed by atoms with E-state index < -0.39 is 5.91 Å². The van der Waals surface area contributed by atoms with Crippen molar-refractivity contribution in [2.75, 3.05) is 7.11 Å². The zero-order valence-electron chi connectivity index (χ0n) is 11.9. The van der Waals surface area contributed by atoms with Gasteiger partial charge in [-0.15, -0.1) is 0 Å². The third kappa shape index (κ3) is 3.87. The molecular formula is C17H14N2O3. The van der Waals surface area contributed by atoms with E-state index in [0.29, 0.717) is 17.1 Å². The zero-order chi connectivity index (χ0) is 15.9. The zero-order valence-corrected chi connectivity index (χ0v) is 11.9. The SMILES string of the molecule is COc1ccc(Oc2ccc(/C=C(/C#N)C(N)=O)cc2)cc1. The molecule has 0 saturated carbocycles. The van der Waals surface area contributed by atoms with Gasteiger partial charge in [0.1, 0.15) is 28.9 Å². The first kappa shape index (κ1) is 15.1. The van der Waals surface area contributed by atoms with Crippen molar-refractivity contribution < 1.29 is 14.3 Å². The monoisotopic (exact) mass is 294 g/mol. The molecule has 0 radical (unpaired) electrons. The van der Waals surface area contributed by atoms with Crippen LogP contribution in [0.2, 0.25) is 0 Å². The van der Waals surface area contributed by atoms with E-state index in [9.17, 15) is 4.79 Å². The van der Waals surface area contributed by atoms with E-state index in [-0.39, 0.29) is 5.57 Å². The Kier molecular flexibility index (Phi) is 4.78. The largest absolute Gasteiger partial charge is 0.497 e. The van der Waals surface area contributed by atoms with Crippen LogP contribution in [-0.2, 0) is 4.79 Å². The van der Waals surface area contributed by atoms with Gasteiger partial charge in [0.2, 0.25) is 0 Å². The van der Waals surface area contributed by atoms with Crippen molar-refractivity contribution in [2.24, 2.45) is 5.73 Å². The molecule has 0 aromatic heterocycles. The first-order valence-electron chi connectivity index (χ1n) is 6.46. The third-order valence-electron chi connectivity index (χ3n) is 2.87. The molecule has 0 heterocycles. The van der Waals surface area contributed by atoms with E-state index in [1.165, 1.54) is 6.08 Å². The number of hydrogen-bond acceptors (Lipinski definition) is 4. The highest BCUT2D eigenvalue weighted by molar-refractivity contribution is 6.00. The van der Waals surface area contributed by atoms with Gasteiger partial charge in [0, 0.05) is 0 Å². The van der Waals surface area contributed by atoms with E-state index >= 15 is 0 Å². The number of nitrogens with two attached hydrogens (primary N) is 1. The predicted molar refractivity (Wildman–Crippen MR) is 82.3 cm³/mol. The van der Waals surface area contributed by atoms with Crippen LogP contribution in [0, 0.1) is 11.3 Å². The van der Waals surface area contributed by atoms with E-state index in [0.717, 1.165) is 5.75 Å². The van der Waals surface area contributed by atoms with Gasteiger partial charge in [-0.3, -0.25) is 4.79 Å². The molecule has 0 aliphatic heterocycles. The second-order valence-electron chi connectivity index (χ2n) is 4.38. The van der Waals surface area contributed by atoms with E-state index in [1.807, 2.05) is 0 Å². The van der Waals surface area contributed by atoms with Gasteiger partial charge in [0.25, 0.3) is 5.91 Å². The van der Waals surface area contributed by atoms with Crippen molar-refractivity contribution in [1.82, 2.24) is 0 Å². The van der Waals surface area contributed by atoms with Crippen LogP contribution in [0.4, 0.5) is 0 Å². The summed E-state index contributed by atoms with van der Waals surface area (Å²) < 4.78 is 10.8. The minimum absolute atomic E-state index is 0.0937. The van der Waals surface area contributed by atoms with E-state index in [2.05, 4.69) is 0 Å². The normalized spacial score (nSPS) is 10.6. The van der Waals surface area contributed by atoms with E-state index in [4.69, 9.17) is 20.5 Å². The summed E-state index contributed by atoms with van der Waals surface area (Å²) in [6.45, 7) is 0. The Morgan fingerprint density at radius 2 is 1.55 bits per heavy atom. The first-order chi connectivity index (χ1) is 10.6. The van der Waals surface area contributed by atoms with Crippen LogP contribution < -0.4 is 15.2 Å². The summed E-state index contributed by atoms with van der Waals surface area (Å²) in [5.41, 5.74) is 5.68. The molecule has 0 saturated heterocycles. The van der Waals surface area contributed by atoms with Gasteiger partial charge in [-0.1, -0.05) is 12.1 Å². The van der Waals surface area contributed by atoms with Gasteiger partial charge in [0.05, 0.1) is 7.11 Å². The molecule has 5 nitrogen and oxygen atoms in total. The number of rotatable bonds is 5. The van der Waals surface area contributed by atoms with Crippen molar-refractivity contribution in [1.29, 1.82) is 5.26 Å². The molecule has 0 atom stereocenters. The highest BCUT2D eigenvalue weighted by Gasteiger charge is 2.03. The fourth-order valence-corrected chi connectivity index (χ4v) is 1.74. The number of nitriles is 1. The number of carbonyl (C=O) groups is 1. The van der Waals surface area contributed by atoms with Crippen LogP contribution in [0.25, 0.3) is 6.08 Å². The molecule has 2 aromatic carbocycles. The predicted octanol–water partition coefficient (Wildman–Crippen LogP) is 2.88. The number of primary amides is 1. The second-order valence-corrected chi connectivity index (χ2v) is 4.38. The van der Waals surface area contributed by atoms with Crippen LogP contribution in [0.5, 0.6) is 17.2 Å². The summed E-state index contributed by atoms with van der Waals surface area (Å²) >= 11 is 0. The highest BCUT2D eigenvalue weighted by atomic mass is 16.5. The summed E-state index contributed by atoms with van der Waals surface area (Å²) in [4.78, 5) is 11.0. The number of benzene rings is 2. The lowest BCUT2D eigenvalue weighted by atomic mass is 10.1. The number of methoxy groups -OCH3 is 1. The minimum atomic E-state index is -0.749. The number of nitrogens with zero attached hydrogens (tertiary/aromatic N) is 1. The number of amides is 1. The second kappa shape index (κ2) is 6.95. The molecule has 1 amide bonds. The van der Waals surface area contributed by atoms with E-state index in [1.54, 1.807) is 61.7 Å². The molecular weight excluding hydrogens is 280 g/mol. The van der Waals surface area contributed by atoms with Crippen LogP contribution in [-0.4, -0.2) is 13.0 Å². The molecule has 110 valence electrons. The average molecular weight is 294 g/mol. The maximum absolute atomic E-state index is 11.0. The lowest BCUT2D eigenvalue weighted by molar-refractivity contribution is -0.114. The van der Waals surface area contributed by atoms with Gasteiger partial charge in [-0.25, -0.2) is 0 Å². The summed E-state index contributed by atoms with van der Waals surface area (Å²) in [5, 5.41) is 8.80. The van der Waals surface area contributed by atoms with Crippen LogP contribution in [0.3, 0.4) is 0 Å². The van der Waals surface area contributed by atoms with Crippen molar-refractivity contribution in [3.8, 4) is 23.3 Å². The molecule has 0 spiro atoms. The number of carbonyl (C=O) groups excluding carboxylic acids is 1. The topological polar surface area (TPSA) is 85.3 Å². The standard InChI is InChI=1S/C17H14N2O3/c1-21-14-6-8-16(9-7-14)22-15-4-2-12(3-5-15)10-13(11-18)17(19)20/h2-10H,1H3,(H2,19,20)/b13-10-. The lowest BCUT2D eigenvalue weighted by Gasteiger charge is -2.07. The molecule has 2 aromatic rings. The highest BCUT2D eigenvalue weighted by Crippen LogP contribution is 2.24. The summed E-state index contributed by atoms with van der Waals surface area (Å²) in [7, 11) is 1.60. The number of hydrogen-bond donors (Lipinski definition) is 1. The summed E-state index contributed by atoms with van der Waals surface area (Å²) in [6.07, 6.45) is 1.43. The molecule has 0 fully saturated rings. The Balaban J connectivity index is 2.11. The molecule has 2 rings (SSSR count). The fourth-order valence-electron chi connectivity index (χ4n) is 1.74. The Morgan fingerprint density at radius 3 is 2.00 bits per heavy atom. The fraction of sp³-hybridized carbons (Fsp3) is 0.0588. The molecule has 2 N–H and O–H groups in total. The van der Waals surface area contributed by atoms with Crippen molar-refractivity contribution in [3.05, 3.63) is 59.7 Å². The smallest absolute Gasteiger partial charge is 0.259 e. The average Bonchev–Trinajstić information content (AvgIpc) is 2.54. The molecule has 0 aliphatic carbocycles. The first-order valence-corrected chi connectivity index (χ1v) is 6.46. The third-order valence-corrected chi connectivity index (χ3v) is 2.87. The van der Waals surface area contributed by atoms with Crippen molar-refractivity contribution in [2.45, 2.75) is 0 Å². The van der Waals surface area contributed by atoms with Gasteiger partial charge >= 0.3 is 0 Å². The van der Waals surface area contributed by atoms with Crippen molar-refractivity contribution >= 4 is 12.0 Å². The number of ether oxygens (including phenoxy) is 2.